The maximum absolute atomic E-state index is 13.1. The summed E-state index contributed by atoms with van der Waals surface area (Å²) in [6, 6.07) is 3.09. The lowest BCUT2D eigenvalue weighted by atomic mass is 10.1. The number of rotatable bonds is 5. The lowest BCUT2D eigenvalue weighted by Gasteiger charge is -2.33. The normalized spacial score (nSPS) is 20.6. The molecule has 21 heavy (non-hydrogen) atoms. The van der Waals surface area contributed by atoms with Crippen LogP contribution < -0.4 is 10.5 Å². The Morgan fingerprint density at radius 3 is 2.71 bits per heavy atom. The number of piperidine rings is 1. The van der Waals surface area contributed by atoms with Crippen LogP contribution in [0.4, 0.5) is 8.78 Å². The van der Waals surface area contributed by atoms with Crippen LogP contribution in [0.5, 0.6) is 0 Å². The van der Waals surface area contributed by atoms with E-state index >= 15 is 0 Å². The highest BCUT2D eigenvalue weighted by atomic mass is 32.2. The van der Waals surface area contributed by atoms with Crippen LogP contribution in [0.25, 0.3) is 0 Å². The number of nitrogens with one attached hydrogen (secondary N) is 1. The number of halogens is 2. The van der Waals surface area contributed by atoms with Crippen LogP contribution in [0.1, 0.15) is 24.8 Å². The van der Waals surface area contributed by atoms with Crippen LogP contribution in [0, 0.1) is 11.6 Å². The van der Waals surface area contributed by atoms with Gasteiger partial charge >= 0.3 is 0 Å². The number of nitrogens with zero attached hydrogens (tertiary/aromatic N) is 1. The van der Waals surface area contributed by atoms with Gasteiger partial charge in [0.1, 0.15) is 0 Å². The molecule has 5 nitrogen and oxygen atoms in total. The molecule has 118 valence electrons. The molecule has 1 unspecified atom stereocenters. The Balaban J connectivity index is 2.04. The van der Waals surface area contributed by atoms with E-state index in [1.165, 1.54) is 10.4 Å². The average molecular weight is 319 g/mol. The molecule has 0 bridgehead atoms. The molecule has 1 aliphatic heterocycles. The van der Waals surface area contributed by atoms with Gasteiger partial charge in [-0.15, -0.1) is 0 Å². The number of benzene rings is 1. The summed E-state index contributed by atoms with van der Waals surface area (Å²) in [5.74, 6) is -1.95. The highest BCUT2D eigenvalue weighted by Crippen LogP contribution is 2.19. The van der Waals surface area contributed by atoms with Gasteiger partial charge in [0.25, 0.3) is 10.2 Å². The van der Waals surface area contributed by atoms with Crippen molar-refractivity contribution in [3.05, 3.63) is 35.4 Å². The monoisotopic (exact) mass is 319 g/mol. The molecule has 0 aliphatic carbocycles. The van der Waals surface area contributed by atoms with Crippen molar-refractivity contribution in [3.8, 4) is 0 Å². The fourth-order valence-corrected chi connectivity index (χ4v) is 3.90. The van der Waals surface area contributed by atoms with Crippen molar-refractivity contribution in [1.29, 1.82) is 0 Å². The van der Waals surface area contributed by atoms with Crippen molar-refractivity contribution in [2.45, 2.75) is 31.8 Å². The molecule has 8 heteroatoms. The molecule has 0 amide bonds. The summed E-state index contributed by atoms with van der Waals surface area (Å²) in [4.78, 5) is 0. The fraction of sp³-hybridized carbons (Fsp3) is 0.538. The van der Waals surface area contributed by atoms with E-state index in [4.69, 9.17) is 5.73 Å². The lowest BCUT2D eigenvalue weighted by molar-refractivity contribution is 0.254. The fourth-order valence-electron chi connectivity index (χ4n) is 2.43. The van der Waals surface area contributed by atoms with Crippen molar-refractivity contribution in [2.24, 2.45) is 5.73 Å². The number of nitrogens with two attached hydrogens (primary N) is 1. The predicted molar refractivity (Wildman–Crippen MR) is 75.5 cm³/mol. The molecule has 1 aliphatic rings. The molecule has 0 radical (unpaired) electrons. The number of hydrogen-bond acceptors (Lipinski definition) is 3. The maximum atomic E-state index is 13.1. The third-order valence-corrected chi connectivity index (χ3v) is 5.20. The lowest BCUT2D eigenvalue weighted by Crippen LogP contribution is -2.51. The number of hydrogen-bond donors (Lipinski definition) is 2. The Hall–Kier alpha value is -1.09. The zero-order chi connectivity index (χ0) is 15.5. The van der Waals surface area contributed by atoms with E-state index in [-0.39, 0.29) is 19.1 Å². The van der Waals surface area contributed by atoms with Gasteiger partial charge in [-0.1, -0.05) is 12.5 Å². The van der Waals surface area contributed by atoms with Crippen molar-refractivity contribution in [1.82, 2.24) is 9.03 Å². The molecule has 1 aromatic carbocycles. The quantitative estimate of drug-likeness (QED) is 0.854. The van der Waals surface area contributed by atoms with Crippen LogP contribution >= 0.6 is 0 Å². The Kier molecular flexibility index (Phi) is 5.26. The van der Waals surface area contributed by atoms with E-state index in [1.54, 1.807) is 0 Å². The van der Waals surface area contributed by atoms with E-state index in [2.05, 4.69) is 4.72 Å². The third-order valence-electron chi connectivity index (χ3n) is 3.60. The summed E-state index contributed by atoms with van der Waals surface area (Å²) < 4.78 is 54.2. The molecule has 1 saturated heterocycles. The minimum Gasteiger partial charge on any atom is -0.329 e. The van der Waals surface area contributed by atoms with Crippen molar-refractivity contribution in [3.63, 3.8) is 0 Å². The first-order valence-electron chi connectivity index (χ1n) is 6.84. The van der Waals surface area contributed by atoms with E-state index < -0.39 is 21.8 Å². The van der Waals surface area contributed by atoms with Gasteiger partial charge in [-0.25, -0.2) is 8.78 Å². The molecule has 1 atom stereocenters. The molecule has 0 aromatic heterocycles. The molecule has 3 N–H and O–H groups in total. The first-order chi connectivity index (χ1) is 9.94. The van der Waals surface area contributed by atoms with Gasteiger partial charge in [0.2, 0.25) is 0 Å². The molecule has 0 saturated carbocycles. The van der Waals surface area contributed by atoms with Gasteiger partial charge < -0.3 is 5.73 Å². The topological polar surface area (TPSA) is 75.4 Å². The largest absolute Gasteiger partial charge is 0.329 e. The third kappa shape index (κ3) is 3.97. The van der Waals surface area contributed by atoms with Crippen LogP contribution in [0.2, 0.25) is 0 Å². The molecule has 1 aromatic rings. The molecule has 1 fully saturated rings. The van der Waals surface area contributed by atoms with E-state index in [1.807, 2.05) is 0 Å². The van der Waals surface area contributed by atoms with E-state index in [9.17, 15) is 17.2 Å². The van der Waals surface area contributed by atoms with Gasteiger partial charge in [0, 0.05) is 25.7 Å². The molecule has 2 rings (SSSR count). The van der Waals surface area contributed by atoms with Gasteiger partial charge in [0.15, 0.2) is 11.6 Å². The second-order valence-corrected chi connectivity index (χ2v) is 6.78. The summed E-state index contributed by atoms with van der Waals surface area (Å²) in [7, 11) is -3.68. The molecular formula is C13H19F2N3O2S. The summed E-state index contributed by atoms with van der Waals surface area (Å²) in [6.07, 6.45) is 2.49. The highest BCUT2D eigenvalue weighted by Gasteiger charge is 2.31. The van der Waals surface area contributed by atoms with Crippen LogP contribution in [0.15, 0.2) is 18.2 Å². The van der Waals surface area contributed by atoms with E-state index in [0.717, 1.165) is 31.4 Å². The standard InChI is InChI=1S/C13H19F2N3O2S/c14-12-5-4-10(7-13(12)15)9-17-21(19,20)18-6-2-1-3-11(18)8-16/h4-5,7,11,17H,1-3,6,8-9,16H2. The maximum Gasteiger partial charge on any atom is 0.280 e. The predicted octanol–water partition coefficient (Wildman–Crippen LogP) is 1.11. The zero-order valence-corrected chi connectivity index (χ0v) is 12.4. The Bertz CT molecular complexity index is 595. The summed E-state index contributed by atoms with van der Waals surface area (Å²) in [5.41, 5.74) is 5.97. The van der Waals surface area contributed by atoms with Crippen molar-refractivity contribution >= 4 is 10.2 Å². The summed E-state index contributed by atoms with van der Waals surface area (Å²) >= 11 is 0. The molecule has 1 heterocycles. The molecule has 0 spiro atoms. The Labute approximate surface area is 123 Å². The smallest absolute Gasteiger partial charge is 0.280 e. The minimum absolute atomic E-state index is 0.0900. The van der Waals surface area contributed by atoms with Gasteiger partial charge in [0.05, 0.1) is 0 Å². The van der Waals surface area contributed by atoms with Gasteiger partial charge in [-0.3, -0.25) is 0 Å². The first-order valence-corrected chi connectivity index (χ1v) is 8.28. The second kappa shape index (κ2) is 6.78. The highest BCUT2D eigenvalue weighted by molar-refractivity contribution is 7.87. The second-order valence-electron chi connectivity index (χ2n) is 5.07. The van der Waals surface area contributed by atoms with E-state index in [0.29, 0.717) is 12.1 Å². The Morgan fingerprint density at radius 1 is 1.29 bits per heavy atom. The zero-order valence-electron chi connectivity index (χ0n) is 11.6. The van der Waals surface area contributed by atoms with Crippen molar-refractivity contribution in [2.75, 3.05) is 13.1 Å². The van der Waals surface area contributed by atoms with Gasteiger partial charge in [-0.05, 0) is 30.5 Å². The van der Waals surface area contributed by atoms with Gasteiger partial charge in [-0.2, -0.15) is 17.4 Å². The summed E-state index contributed by atoms with van der Waals surface area (Å²) in [5, 5.41) is 0. The summed E-state index contributed by atoms with van der Waals surface area (Å²) in [6.45, 7) is 0.606. The Morgan fingerprint density at radius 2 is 2.05 bits per heavy atom. The molecular weight excluding hydrogens is 300 g/mol. The van der Waals surface area contributed by atoms with Crippen LogP contribution in [-0.4, -0.2) is 31.9 Å². The first kappa shape index (κ1) is 16.3. The SMILES string of the molecule is NCC1CCCCN1S(=O)(=O)NCc1ccc(F)c(F)c1. The van der Waals surface area contributed by atoms with Crippen LogP contribution in [-0.2, 0) is 16.8 Å². The average Bonchev–Trinajstić information content (AvgIpc) is 2.48. The van der Waals surface area contributed by atoms with Crippen LogP contribution in [0.3, 0.4) is 0 Å². The minimum atomic E-state index is -3.68. The van der Waals surface area contributed by atoms with Crippen molar-refractivity contribution < 1.29 is 17.2 Å².